The third-order valence-corrected chi connectivity index (χ3v) is 3.14. The summed E-state index contributed by atoms with van der Waals surface area (Å²) in [5.41, 5.74) is 7.41. The van der Waals surface area contributed by atoms with Crippen LogP contribution in [0.2, 0.25) is 0 Å². The van der Waals surface area contributed by atoms with Crippen LogP contribution in [0.15, 0.2) is 60.7 Å². The standard InChI is InChI=1S/C18H19N3O2/c19-16-12-5-4-11-15(16)17(22)21-18(23)20-13-7-6-10-14-8-2-1-3-9-14/h1-6,8-12H,7,13,19H2,(H2,20,21,22,23)/b10-6+. The smallest absolute Gasteiger partial charge is 0.321 e. The average Bonchev–Trinajstić information content (AvgIpc) is 2.56. The predicted octanol–water partition coefficient (Wildman–Crippen LogP) is 2.81. The monoisotopic (exact) mass is 309 g/mol. The number of nitrogens with one attached hydrogen (secondary N) is 2. The molecule has 0 aliphatic carbocycles. The van der Waals surface area contributed by atoms with E-state index in [-0.39, 0.29) is 5.56 Å². The van der Waals surface area contributed by atoms with Gasteiger partial charge < -0.3 is 11.1 Å². The van der Waals surface area contributed by atoms with E-state index in [9.17, 15) is 9.59 Å². The molecule has 3 amide bonds. The molecule has 0 aliphatic rings. The topological polar surface area (TPSA) is 84.2 Å². The molecule has 5 nitrogen and oxygen atoms in total. The Bertz CT molecular complexity index is 696. The molecule has 0 fully saturated rings. The minimum Gasteiger partial charge on any atom is -0.398 e. The summed E-state index contributed by atoms with van der Waals surface area (Å²) in [4.78, 5) is 23.5. The van der Waals surface area contributed by atoms with Gasteiger partial charge in [0.25, 0.3) is 5.91 Å². The van der Waals surface area contributed by atoms with Gasteiger partial charge in [0.15, 0.2) is 0 Å². The number of carbonyl (C=O) groups excluding carboxylic acids is 2. The van der Waals surface area contributed by atoms with Gasteiger partial charge in [-0.15, -0.1) is 0 Å². The lowest BCUT2D eigenvalue weighted by atomic mass is 10.2. The minimum absolute atomic E-state index is 0.284. The number of amides is 3. The van der Waals surface area contributed by atoms with Crippen LogP contribution in [0.25, 0.3) is 6.08 Å². The molecule has 0 unspecified atom stereocenters. The molecule has 2 aromatic rings. The van der Waals surface area contributed by atoms with Gasteiger partial charge >= 0.3 is 6.03 Å². The summed E-state index contributed by atoms with van der Waals surface area (Å²) in [7, 11) is 0. The van der Waals surface area contributed by atoms with Crippen LogP contribution in [-0.4, -0.2) is 18.5 Å². The zero-order valence-electron chi connectivity index (χ0n) is 12.7. The van der Waals surface area contributed by atoms with Gasteiger partial charge in [0.1, 0.15) is 0 Å². The van der Waals surface area contributed by atoms with Crippen molar-refractivity contribution in [1.82, 2.24) is 10.6 Å². The Balaban J connectivity index is 1.72. The number of hydrogen-bond donors (Lipinski definition) is 3. The molecule has 4 N–H and O–H groups in total. The van der Waals surface area contributed by atoms with Gasteiger partial charge in [0, 0.05) is 12.2 Å². The Morgan fingerprint density at radius 1 is 1.00 bits per heavy atom. The van der Waals surface area contributed by atoms with Gasteiger partial charge in [-0.1, -0.05) is 54.6 Å². The number of urea groups is 1. The number of rotatable bonds is 5. The van der Waals surface area contributed by atoms with E-state index in [4.69, 9.17) is 5.73 Å². The number of imide groups is 1. The molecule has 2 aromatic carbocycles. The highest BCUT2D eigenvalue weighted by Gasteiger charge is 2.11. The molecule has 0 aliphatic heterocycles. The minimum atomic E-state index is -0.536. The first-order chi connectivity index (χ1) is 11.2. The molecule has 0 bridgehead atoms. The maximum Gasteiger partial charge on any atom is 0.321 e. The number of nitrogens with two attached hydrogens (primary N) is 1. The summed E-state index contributed by atoms with van der Waals surface area (Å²) in [6.45, 7) is 0.437. The first kappa shape index (κ1) is 16.3. The molecule has 118 valence electrons. The second kappa shape index (κ2) is 8.38. The van der Waals surface area contributed by atoms with Crippen LogP contribution in [-0.2, 0) is 0 Å². The van der Waals surface area contributed by atoms with Crippen LogP contribution in [0, 0.1) is 0 Å². The lowest BCUT2D eigenvalue weighted by Crippen LogP contribution is -2.39. The lowest BCUT2D eigenvalue weighted by molar-refractivity contribution is 0.0965. The van der Waals surface area contributed by atoms with Gasteiger partial charge in [-0.3, -0.25) is 10.1 Å². The van der Waals surface area contributed by atoms with Crippen molar-refractivity contribution >= 4 is 23.7 Å². The molecule has 0 spiro atoms. The maximum absolute atomic E-state index is 11.9. The van der Waals surface area contributed by atoms with Gasteiger partial charge in [-0.2, -0.15) is 0 Å². The van der Waals surface area contributed by atoms with Crippen LogP contribution >= 0.6 is 0 Å². The lowest BCUT2D eigenvalue weighted by Gasteiger charge is -2.07. The molecule has 23 heavy (non-hydrogen) atoms. The Hall–Kier alpha value is -3.08. The highest BCUT2D eigenvalue weighted by molar-refractivity contribution is 6.07. The van der Waals surface area contributed by atoms with Crippen LogP contribution in [0.1, 0.15) is 22.3 Å². The summed E-state index contributed by atoms with van der Waals surface area (Å²) in [6.07, 6.45) is 4.62. The quantitative estimate of drug-likeness (QED) is 0.586. The molecule has 0 saturated heterocycles. The van der Waals surface area contributed by atoms with Crippen molar-refractivity contribution in [3.63, 3.8) is 0 Å². The Morgan fingerprint density at radius 3 is 2.43 bits per heavy atom. The van der Waals surface area contributed by atoms with E-state index in [1.54, 1.807) is 24.3 Å². The van der Waals surface area contributed by atoms with E-state index < -0.39 is 11.9 Å². The van der Waals surface area contributed by atoms with E-state index in [1.807, 2.05) is 42.5 Å². The van der Waals surface area contributed by atoms with Crippen LogP contribution in [0.4, 0.5) is 10.5 Å². The van der Waals surface area contributed by atoms with Crippen molar-refractivity contribution in [2.24, 2.45) is 0 Å². The van der Waals surface area contributed by atoms with Crippen LogP contribution in [0.5, 0.6) is 0 Å². The number of carbonyl (C=O) groups is 2. The fourth-order valence-corrected chi connectivity index (χ4v) is 1.97. The van der Waals surface area contributed by atoms with Crippen molar-refractivity contribution in [2.45, 2.75) is 6.42 Å². The van der Waals surface area contributed by atoms with E-state index in [2.05, 4.69) is 10.6 Å². The van der Waals surface area contributed by atoms with Crippen molar-refractivity contribution in [3.05, 3.63) is 71.8 Å². The third-order valence-electron chi connectivity index (χ3n) is 3.14. The molecular formula is C18H19N3O2. The van der Waals surface area contributed by atoms with Gasteiger partial charge in [0.2, 0.25) is 0 Å². The first-order valence-corrected chi connectivity index (χ1v) is 7.32. The Morgan fingerprint density at radius 2 is 1.70 bits per heavy atom. The predicted molar refractivity (Wildman–Crippen MR) is 91.8 cm³/mol. The highest BCUT2D eigenvalue weighted by atomic mass is 16.2. The second-order valence-electron chi connectivity index (χ2n) is 4.90. The van der Waals surface area contributed by atoms with Crippen molar-refractivity contribution in [1.29, 1.82) is 0 Å². The zero-order valence-corrected chi connectivity index (χ0v) is 12.7. The Kier molecular flexibility index (Phi) is 5.94. The number of para-hydroxylation sites is 1. The van der Waals surface area contributed by atoms with E-state index in [0.717, 1.165) is 5.56 Å². The number of nitrogen functional groups attached to an aromatic ring is 1. The summed E-state index contributed by atoms with van der Waals surface area (Å²) < 4.78 is 0. The summed E-state index contributed by atoms with van der Waals surface area (Å²) >= 11 is 0. The SMILES string of the molecule is Nc1ccccc1C(=O)NC(=O)NCC/C=C/c1ccccc1. The second-order valence-corrected chi connectivity index (χ2v) is 4.90. The van der Waals surface area contributed by atoms with Gasteiger partial charge in [-0.05, 0) is 24.1 Å². The number of anilines is 1. The molecule has 2 rings (SSSR count). The van der Waals surface area contributed by atoms with Gasteiger partial charge in [0.05, 0.1) is 5.56 Å². The summed E-state index contributed by atoms with van der Waals surface area (Å²) in [6, 6.07) is 16.0. The fraction of sp³-hybridized carbons (Fsp3) is 0.111. The summed E-state index contributed by atoms with van der Waals surface area (Å²) in [5, 5.41) is 4.88. The zero-order chi connectivity index (χ0) is 16.5. The fourth-order valence-electron chi connectivity index (χ4n) is 1.97. The molecule has 0 radical (unpaired) electrons. The van der Waals surface area contributed by atoms with E-state index in [0.29, 0.717) is 18.7 Å². The normalized spacial score (nSPS) is 10.4. The van der Waals surface area contributed by atoms with E-state index >= 15 is 0 Å². The van der Waals surface area contributed by atoms with Crippen molar-refractivity contribution in [3.8, 4) is 0 Å². The largest absolute Gasteiger partial charge is 0.398 e. The average molecular weight is 309 g/mol. The maximum atomic E-state index is 11.9. The van der Waals surface area contributed by atoms with Crippen molar-refractivity contribution in [2.75, 3.05) is 12.3 Å². The number of benzene rings is 2. The van der Waals surface area contributed by atoms with Crippen LogP contribution in [0.3, 0.4) is 0 Å². The first-order valence-electron chi connectivity index (χ1n) is 7.32. The summed E-state index contributed by atoms with van der Waals surface area (Å²) in [5.74, 6) is -0.513. The molecular weight excluding hydrogens is 290 g/mol. The van der Waals surface area contributed by atoms with Gasteiger partial charge in [-0.25, -0.2) is 4.79 Å². The molecule has 5 heteroatoms. The highest BCUT2D eigenvalue weighted by Crippen LogP contribution is 2.09. The van der Waals surface area contributed by atoms with Crippen LogP contribution < -0.4 is 16.4 Å². The molecule has 0 saturated carbocycles. The van der Waals surface area contributed by atoms with Crippen molar-refractivity contribution < 1.29 is 9.59 Å². The molecule has 0 heterocycles. The third kappa shape index (κ3) is 5.32. The Labute approximate surface area is 135 Å². The molecule has 0 atom stereocenters. The number of hydrogen-bond acceptors (Lipinski definition) is 3. The van der Waals surface area contributed by atoms with E-state index in [1.165, 1.54) is 0 Å². The molecule has 0 aromatic heterocycles.